The van der Waals surface area contributed by atoms with Crippen molar-refractivity contribution in [3.05, 3.63) is 34.9 Å². The van der Waals surface area contributed by atoms with Crippen molar-refractivity contribution in [1.82, 2.24) is 4.90 Å². The molecule has 1 aliphatic rings. The lowest BCUT2D eigenvalue weighted by Gasteiger charge is -2.21. The Morgan fingerprint density at radius 1 is 1.35 bits per heavy atom. The predicted molar refractivity (Wildman–Crippen MR) is 76.6 cm³/mol. The summed E-state index contributed by atoms with van der Waals surface area (Å²) in [5.74, 6) is -0.933. The van der Waals surface area contributed by atoms with Crippen LogP contribution in [-0.2, 0) is 16.0 Å². The van der Waals surface area contributed by atoms with Gasteiger partial charge in [0, 0.05) is 13.0 Å². The quantitative estimate of drug-likeness (QED) is 0.917. The SMILES string of the molecule is Cc1ccc(CCC(=O)N2CCC[C@@H]2C(=O)O)c(C)c1. The first-order valence-corrected chi connectivity index (χ1v) is 7.07. The first kappa shape index (κ1) is 14.6. The number of carboxylic acid groups (broad SMARTS) is 1. The lowest BCUT2D eigenvalue weighted by atomic mass is 10.0. The number of nitrogens with zero attached hydrogens (tertiary/aromatic N) is 1. The topological polar surface area (TPSA) is 57.6 Å². The molecule has 1 aromatic carbocycles. The minimum Gasteiger partial charge on any atom is -0.480 e. The molecule has 0 unspecified atom stereocenters. The summed E-state index contributed by atoms with van der Waals surface area (Å²) in [5, 5.41) is 9.10. The lowest BCUT2D eigenvalue weighted by Crippen LogP contribution is -2.40. The Balaban J connectivity index is 1.96. The van der Waals surface area contributed by atoms with Crippen molar-refractivity contribution in [1.29, 1.82) is 0 Å². The van der Waals surface area contributed by atoms with E-state index in [9.17, 15) is 9.59 Å². The molecule has 1 N–H and O–H groups in total. The molecule has 1 saturated heterocycles. The molecule has 0 aliphatic carbocycles. The van der Waals surface area contributed by atoms with E-state index in [1.54, 1.807) is 0 Å². The van der Waals surface area contributed by atoms with E-state index in [0.717, 1.165) is 12.0 Å². The van der Waals surface area contributed by atoms with E-state index >= 15 is 0 Å². The molecule has 1 aliphatic heterocycles. The number of benzene rings is 1. The van der Waals surface area contributed by atoms with Crippen molar-refractivity contribution >= 4 is 11.9 Å². The molecule has 0 saturated carbocycles. The van der Waals surface area contributed by atoms with Crippen LogP contribution in [0, 0.1) is 13.8 Å². The standard InChI is InChI=1S/C16H21NO3/c1-11-5-6-13(12(2)10-11)7-8-15(18)17-9-3-4-14(17)16(19)20/h5-6,10,14H,3-4,7-9H2,1-2H3,(H,19,20)/t14-/m1/s1. The Bertz CT molecular complexity index is 524. The average molecular weight is 275 g/mol. The molecule has 108 valence electrons. The summed E-state index contributed by atoms with van der Waals surface area (Å²) < 4.78 is 0. The van der Waals surface area contributed by atoms with Crippen molar-refractivity contribution in [2.45, 2.75) is 45.6 Å². The van der Waals surface area contributed by atoms with E-state index in [-0.39, 0.29) is 5.91 Å². The van der Waals surface area contributed by atoms with Crippen molar-refractivity contribution in [3.8, 4) is 0 Å². The maximum absolute atomic E-state index is 12.2. The van der Waals surface area contributed by atoms with Crippen molar-refractivity contribution < 1.29 is 14.7 Å². The summed E-state index contributed by atoms with van der Waals surface area (Å²) in [4.78, 5) is 24.8. The number of aryl methyl sites for hydroxylation is 3. The molecule has 1 heterocycles. The molecular weight excluding hydrogens is 254 g/mol. The molecule has 20 heavy (non-hydrogen) atoms. The number of aliphatic carboxylic acids is 1. The number of carbonyl (C=O) groups is 2. The van der Waals surface area contributed by atoms with Crippen LogP contribution in [0.4, 0.5) is 0 Å². The lowest BCUT2D eigenvalue weighted by molar-refractivity contribution is -0.148. The second-order valence-electron chi connectivity index (χ2n) is 5.51. The highest BCUT2D eigenvalue weighted by molar-refractivity contribution is 5.84. The van der Waals surface area contributed by atoms with Crippen LogP contribution in [-0.4, -0.2) is 34.5 Å². The van der Waals surface area contributed by atoms with Crippen LogP contribution >= 0.6 is 0 Å². The van der Waals surface area contributed by atoms with Crippen LogP contribution in [0.15, 0.2) is 18.2 Å². The molecular formula is C16H21NO3. The van der Waals surface area contributed by atoms with Gasteiger partial charge in [-0.25, -0.2) is 4.79 Å². The van der Waals surface area contributed by atoms with Crippen LogP contribution in [0.1, 0.15) is 36.0 Å². The fraction of sp³-hybridized carbons (Fsp3) is 0.500. The number of rotatable bonds is 4. The summed E-state index contributed by atoms with van der Waals surface area (Å²) in [5.41, 5.74) is 3.56. The molecule has 0 aromatic heterocycles. The van der Waals surface area contributed by atoms with Crippen molar-refractivity contribution in [2.75, 3.05) is 6.54 Å². The first-order valence-electron chi connectivity index (χ1n) is 7.07. The number of carbonyl (C=O) groups excluding carboxylic acids is 1. The number of likely N-dealkylation sites (tertiary alicyclic amines) is 1. The Kier molecular flexibility index (Phi) is 4.42. The minimum absolute atomic E-state index is 0.0464. The summed E-state index contributed by atoms with van der Waals surface area (Å²) in [6, 6.07) is 5.58. The number of hydrogen-bond donors (Lipinski definition) is 1. The third-order valence-corrected chi connectivity index (χ3v) is 3.96. The monoisotopic (exact) mass is 275 g/mol. The largest absolute Gasteiger partial charge is 0.480 e. The molecule has 1 fully saturated rings. The van der Waals surface area contributed by atoms with Gasteiger partial charge in [-0.15, -0.1) is 0 Å². The fourth-order valence-corrected chi connectivity index (χ4v) is 2.83. The van der Waals surface area contributed by atoms with Gasteiger partial charge in [-0.3, -0.25) is 4.79 Å². The van der Waals surface area contributed by atoms with E-state index in [0.29, 0.717) is 25.8 Å². The number of carboxylic acids is 1. The summed E-state index contributed by atoms with van der Waals surface area (Å²) >= 11 is 0. The Morgan fingerprint density at radius 2 is 2.10 bits per heavy atom. The van der Waals surface area contributed by atoms with Crippen molar-refractivity contribution in [2.24, 2.45) is 0 Å². The Morgan fingerprint density at radius 3 is 2.75 bits per heavy atom. The van der Waals surface area contributed by atoms with Gasteiger partial charge in [0.2, 0.25) is 5.91 Å². The van der Waals surface area contributed by atoms with E-state index < -0.39 is 12.0 Å². The van der Waals surface area contributed by atoms with Crippen LogP contribution in [0.3, 0.4) is 0 Å². The van der Waals surface area contributed by atoms with Crippen molar-refractivity contribution in [3.63, 3.8) is 0 Å². The van der Waals surface area contributed by atoms with E-state index in [4.69, 9.17) is 5.11 Å². The maximum atomic E-state index is 12.2. The normalized spacial score (nSPS) is 18.3. The van der Waals surface area contributed by atoms with Gasteiger partial charge < -0.3 is 10.0 Å². The summed E-state index contributed by atoms with van der Waals surface area (Å²) in [7, 11) is 0. The van der Waals surface area contributed by atoms with Gasteiger partial charge in [0.1, 0.15) is 6.04 Å². The van der Waals surface area contributed by atoms with E-state index in [1.807, 2.05) is 19.9 Å². The minimum atomic E-state index is -0.887. The van der Waals surface area contributed by atoms with Gasteiger partial charge in [0.15, 0.2) is 0 Å². The first-order chi connectivity index (χ1) is 9.49. The molecule has 4 heteroatoms. The van der Waals surface area contributed by atoms with Crippen LogP contribution < -0.4 is 0 Å². The number of hydrogen-bond acceptors (Lipinski definition) is 2. The second-order valence-corrected chi connectivity index (χ2v) is 5.51. The van der Waals surface area contributed by atoms with Gasteiger partial charge in [-0.05, 0) is 44.2 Å². The second kappa shape index (κ2) is 6.07. The van der Waals surface area contributed by atoms with Crippen LogP contribution in [0.25, 0.3) is 0 Å². The molecule has 0 bridgehead atoms. The van der Waals surface area contributed by atoms with Gasteiger partial charge in [0.25, 0.3) is 0 Å². The Hall–Kier alpha value is -1.84. The highest BCUT2D eigenvalue weighted by Gasteiger charge is 2.33. The Labute approximate surface area is 119 Å². The number of amides is 1. The summed E-state index contributed by atoms with van der Waals surface area (Å²) in [6.45, 7) is 4.66. The maximum Gasteiger partial charge on any atom is 0.326 e. The highest BCUT2D eigenvalue weighted by Crippen LogP contribution is 2.20. The summed E-state index contributed by atoms with van der Waals surface area (Å²) in [6.07, 6.45) is 2.42. The smallest absolute Gasteiger partial charge is 0.326 e. The fourth-order valence-electron chi connectivity index (χ4n) is 2.83. The van der Waals surface area contributed by atoms with Gasteiger partial charge in [-0.2, -0.15) is 0 Å². The molecule has 4 nitrogen and oxygen atoms in total. The third-order valence-electron chi connectivity index (χ3n) is 3.96. The highest BCUT2D eigenvalue weighted by atomic mass is 16.4. The zero-order valence-corrected chi connectivity index (χ0v) is 12.1. The van der Waals surface area contributed by atoms with Gasteiger partial charge >= 0.3 is 5.97 Å². The average Bonchev–Trinajstić information content (AvgIpc) is 2.86. The van der Waals surface area contributed by atoms with Gasteiger partial charge in [0.05, 0.1) is 0 Å². The third kappa shape index (κ3) is 3.18. The van der Waals surface area contributed by atoms with E-state index in [2.05, 4.69) is 12.1 Å². The molecule has 2 rings (SSSR count). The molecule has 0 spiro atoms. The zero-order chi connectivity index (χ0) is 14.7. The molecule has 1 atom stereocenters. The van der Waals surface area contributed by atoms with Crippen LogP contribution in [0.2, 0.25) is 0 Å². The molecule has 0 radical (unpaired) electrons. The molecule has 1 amide bonds. The molecule has 1 aromatic rings. The van der Waals surface area contributed by atoms with Gasteiger partial charge in [-0.1, -0.05) is 23.8 Å². The van der Waals surface area contributed by atoms with Crippen LogP contribution in [0.5, 0.6) is 0 Å². The zero-order valence-electron chi connectivity index (χ0n) is 12.1. The predicted octanol–water partition coefficient (Wildman–Crippen LogP) is 2.31. The van der Waals surface area contributed by atoms with E-state index in [1.165, 1.54) is 16.0 Å².